The van der Waals surface area contributed by atoms with Gasteiger partial charge in [0.25, 0.3) is 0 Å². The van der Waals surface area contributed by atoms with Crippen LogP contribution in [-0.4, -0.2) is 16.6 Å². The summed E-state index contributed by atoms with van der Waals surface area (Å²) in [6.07, 6.45) is 0. The molecule has 26 heavy (non-hydrogen) atoms. The van der Waals surface area contributed by atoms with E-state index >= 15 is 0 Å². The quantitative estimate of drug-likeness (QED) is 0.526. The zero-order valence-corrected chi connectivity index (χ0v) is 17.0. The highest BCUT2D eigenvalue weighted by Gasteiger charge is 2.10. The summed E-state index contributed by atoms with van der Waals surface area (Å²) in [5.74, 6) is 0.150. The van der Waals surface area contributed by atoms with Crippen LogP contribution >= 0.6 is 35.0 Å². The summed E-state index contributed by atoms with van der Waals surface area (Å²) in [4.78, 5) is 16.9. The Balaban J connectivity index is 1.73. The zero-order chi connectivity index (χ0) is 18.8. The number of pyridine rings is 1. The van der Waals surface area contributed by atoms with E-state index in [1.165, 1.54) is 17.3 Å². The number of amides is 1. The molecule has 0 saturated carbocycles. The molecule has 0 unspecified atom stereocenters. The van der Waals surface area contributed by atoms with Crippen molar-refractivity contribution in [3.05, 3.63) is 63.1 Å². The Morgan fingerprint density at radius 1 is 1.04 bits per heavy atom. The van der Waals surface area contributed by atoms with Gasteiger partial charge in [0, 0.05) is 11.1 Å². The summed E-state index contributed by atoms with van der Waals surface area (Å²) < 4.78 is 0. The number of nitrogens with zero attached hydrogens (tertiary/aromatic N) is 1. The second-order valence-electron chi connectivity index (χ2n) is 6.22. The van der Waals surface area contributed by atoms with Crippen LogP contribution in [0.1, 0.15) is 16.7 Å². The van der Waals surface area contributed by atoms with Gasteiger partial charge in [0.05, 0.1) is 26.3 Å². The van der Waals surface area contributed by atoms with Gasteiger partial charge >= 0.3 is 0 Å². The molecule has 1 heterocycles. The number of fused-ring (bicyclic) bond motifs is 1. The van der Waals surface area contributed by atoms with Crippen molar-refractivity contribution in [3.8, 4) is 0 Å². The fraction of sp³-hybridized carbons (Fsp3) is 0.200. The van der Waals surface area contributed by atoms with Crippen LogP contribution in [0.2, 0.25) is 10.0 Å². The summed E-state index contributed by atoms with van der Waals surface area (Å²) in [5, 5.41) is 5.69. The molecular weight excluding hydrogens is 387 g/mol. The largest absolute Gasteiger partial charge is 0.325 e. The van der Waals surface area contributed by atoms with Crippen LogP contribution < -0.4 is 5.32 Å². The van der Waals surface area contributed by atoms with Crippen molar-refractivity contribution in [2.24, 2.45) is 0 Å². The first-order chi connectivity index (χ1) is 12.3. The van der Waals surface area contributed by atoms with E-state index in [0.717, 1.165) is 27.1 Å². The van der Waals surface area contributed by atoms with Crippen LogP contribution in [0.25, 0.3) is 10.9 Å². The molecule has 0 bridgehead atoms. The normalized spacial score (nSPS) is 11.0. The van der Waals surface area contributed by atoms with Gasteiger partial charge in [0.2, 0.25) is 5.91 Å². The minimum atomic E-state index is -0.117. The Hall–Kier alpha value is -1.75. The molecule has 6 heteroatoms. The topological polar surface area (TPSA) is 42.0 Å². The van der Waals surface area contributed by atoms with Crippen molar-refractivity contribution in [1.29, 1.82) is 0 Å². The number of hydrogen-bond donors (Lipinski definition) is 1. The summed E-state index contributed by atoms with van der Waals surface area (Å²) in [5.41, 5.74) is 5.14. The molecule has 0 saturated heterocycles. The second kappa shape index (κ2) is 7.87. The van der Waals surface area contributed by atoms with E-state index < -0.39 is 0 Å². The monoisotopic (exact) mass is 404 g/mol. The number of benzene rings is 2. The molecule has 2 aromatic carbocycles. The maximum absolute atomic E-state index is 12.2. The van der Waals surface area contributed by atoms with Gasteiger partial charge in [0.1, 0.15) is 0 Å². The Labute approximate surface area is 167 Å². The van der Waals surface area contributed by atoms with E-state index in [2.05, 4.69) is 38.2 Å². The Kier molecular flexibility index (Phi) is 5.76. The molecule has 0 radical (unpaired) electrons. The number of rotatable bonds is 4. The fourth-order valence-corrected chi connectivity index (χ4v) is 3.86. The summed E-state index contributed by atoms with van der Waals surface area (Å²) in [6, 6.07) is 11.3. The molecule has 3 aromatic rings. The van der Waals surface area contributed by atoms with Crippen LogP contribution in [0.4, 0.5) is 5.69 Å². The van der Waals surface area contributed by atoms with Gasteiger partial charge < -0.3 is 5.32 Å². The first-order valence-electron chi connectivity index (χ1n) is 8.10. The van der Waals surface area contributed by atoms with Crippen molar-refractivity contribution in [1.82, 2.24) is 4.98 Å². The predicted octanol–water partition coefficient (Wildman–Crippen LogP) is 6.20. The van der Waals surface area contributed by atoms with Gasteiger partial charge in [-0.25, -0.2) is 4.98 Å². The Bertz CT molecular complexity index is 1000. The van der Waals surface area contributed by atoms with Crippen LogP contribution in [0.3, 0.4) is 0 Å². The van der Waals surface area contributed by atoms with Gasteiger partial charge in [-0.15, -0.1) is 0 Å². The van der Waals surface area contributed by atoms with Crippen molar-refractivity contribution in [2.45, 2.75) is 25.8 Å². The Morgan fingerprint density at radius 3 is 2.54 bits per heavy atom. The number of aryl methyl sites for hydroxylation is 3. The number of thioether (sulfide) groups is 1. The predicted molar refractivity (Wildman–Crippen MR) is 112 cm³/mol. The van der Waals surface area contributed by atoms with Crippen LogP contribution in [-0.2, 0) is 4.79 Å². The lowest BCUT2D eigenvalue weighted by atomic mass is 10.0. The molecule has 0 fully saturated rings. The van der Waals surface area contributed by atoms with E-state index in [-0.39, 0.29) is 11.7 Å². The van der Waals surface area contributed by atoms with E-state index in [9.17, 15) is 4.79 Å². The van der Waals surface area contributed by atoms with Crippen LogP contribution in [0.5, 0.6) is 0 Å². The summed E-state index contributed by atoms with van der Waals surface area (Å²) in [7, 11) is 0. The van der Waals surface area contributed by atoms with E-state index in [1.807, 2.05) is 6.07 Å². The highest BCUT2D eigenvalue weighted by Crippen LogP contribution is 2.28. The molecule has 0 atom stereocenters. The van der Waals surface area contributed by atoms with Gasteiger partial charge in [-0.2, -0.15) is 0 Å². The van der Waals surface area contributed by atoms with Gasteiger partial charge in [0.15, 0.2) is 0 Å². The number of nitrogens with one attached hydrogen (secondary N) is 1. The fourth-order valence-electron chi connectivity index (χ4n) is 2.80. The standard InChI is InChI=1S/C20H18Cl2N2OS/c1-11-6-13(3)20-15(7-11)12(2)8-19(24-20)26-10-18(25)23-14-4-5-16(21)17(22)9-14/h4-9H,10H2,1-3H3,(H,23,25). The van der Waals surface area contributed by atoms with Gasteiger partial charge in [-0.05, 0) is 62.2 Å². The maximum atomic E-state index is 12.2. The molecule has 0 spiro atoms. The molecule has 3 nitrogen and oxygen atoms in total. The van der Waals surface area contributed by atoms with E-state index in [1.54, 1.807) is 18.2 Å². The van der Waals surface area contributed by atoms with Crippen molar-refractivity contribution in [2.75, 3.05) is 11.1 Å². The van der Waals surface area contributed by atoms with E-state index in [4.69, 9.17) is 28.2 Å². The summed E-state index contributed by atoms with van der Waals surface area (Å²) >= 11 is 13.3. The van der Waals surface area contributed by atoms with Crippen molar-refractivity contribution >= 4 is 57.5 Å². The SMILES string of the molecule is Cc1cc(C)c2nc(SCC(=O)Nc3ccc(Cl)c(Cl)c3)cc(C)c2c1. The maximum Gasteiger partial charge on any atom is 0.234 e. The lowest BCUT2D eigenvalue weighted by Crippen LogP contribution is -2.14. The number of carbonyl (C=O) groups is 1. The lowest BCUT2D eigenvalue weighted by Gasteiger charge is -2.10. The molecule has 0 aliphatic rings. The molecule has 134 valence electrons. The van der Waals surface area contributed by atoms with Gasteiger partial charge in [-0.1, -0.05) is 46.6 Å². The Morgan fingerprint density at radius 2 is 1.81 bits per heavy atom. The lowest BCUT2D eigenvalue weighted by molar-refractivity contribution is -0.113. The first-order valence-corrected chi connectivity index (χ1v) is 9.84. The average molecular weight is 405 g/mol. The third kappa shape index (κ3) is 4.32. The molecule has 3 rings (SSSR count). The smallest absolute Gasteiger partial charge is 0.234 e. The first kappa shape index (κ1) is 19.0. The van der Waals surface area contributed by atoms with Gasteiger partial charge in [-0.3, -0.25) is 4.79 Å². The van der Waals surface area contributed by atoms with Crippen molar-refractivity contribution < 1.29 is 4.79 Å². The van der Waals surface area contributed by atoms with Crippen LogP contribution in [0.15, 0.2) is 41.4 Å². The number of halogens is 2. The third-order valence-electron chi connectivity index (χ3n) is 3.99. The third-order valence-corrected chi connectivity index (χ3v) is 5.64. The van der Waals surface area contributed by atoms with Crippen LogP contribution in [0, 0.1) is 20.8 Å². The second-order valence-corrected chi connectivity index (χ2v) is 8.03. The molecular formula is C20H18Cl2N2OS. The number of anilines is 1. The number of carbonyl (C=O) groups excluding carboxylic acids is 1. The van der Waals surface area contributed by atoms with Crippen molar-refractivity contribution in [3.63, 3.8) is 0 Å². The molecule has 0 aliphatic heterocycles. The minimum Gasteiger partial charge on any atom is -0.325 e. The average Bonchev–Trinajstić information content (AvgIpc) is 2.57. The summed E-state index contributed by atoms with van der Waals surface area (Å²) in [6.45, 7) is 6.22. The molecule has 1 amide bonds. The zero-order valence-electron chi connectivity index (χ0n) is 14.7. The number of aromatic nitrogens is 1. The highest BCUT2D eigenvalue weighted by atomic mass is 35.5. The highest BCUT2D eigenvalue weighted by molar-refractivity contribution is 7.99. The number of hydrogen-bond acceptors (Lipinski definition) is 3. The molecule has 0 aliphatic carbocycles. The van der Waals surface area contributed by atoms with E-state index in [0.29, 0.717) is 15.7 Å². The minimum absolute atomic E-state index is 0.117. The molecule has 1 N–H and O–H groups in total. The molecule has 1 aromatic heterocycles.